The normalized spacial score (nSPS) is 19.0. The Hall–Kier alpha value is -0.890. The average molecular weight is 275 g/mol. The summed E-state index contributed by atoms with van der Waals surface area (Å²) < 4.78 is 0. The maximum absolute atomic E-state index is 10.4. The van der Waals surface area contributed by atoms with E-state index < -0.39 is 0 Å². The highest BCUT2D eigenvalue weighted by atomic mass is 16.3. The van der Waals surface area contributed by atoms with E-state index in [0.29, 0.717) is 0 Å². The zero-order chi connectivity index (χ0) is 14.2. The minimum absolute atomic E-state index is 0.193. The highest BCUT2D eigenvalue weighted by Gasteiger charge is 2.29. The molecule has 2 heteroatoms. The van der Waals surface area contributed by atoms with Gasteiger partial charge in [0.2, 0.25) is 0 Å². The third-order valence-electron chi connectivity index (χ3n) is 4.57. The van der Waals surface area contributed by atoms with Gasteiger partial charge in [-0.1, -0.05) is 57.9 Å². The Morgan fingerprint density at radius 2 is 1.95 bits per heavy atom. The van der Waals surface area contributed by atoms with Crippen molar-refractivity contribution in [1.29, 1.82) is 0 Å². The fourth-order valence-electron chi connectivity index (χ4n) is 3.33. The fourth-order valence-corrected chi connectivity index (χ4v) is 3.33. The van der Waals surface area contributed by atoms with Crippen LogP contribution < -0.4 is 0 Å². The fraction of sp³-hybridized carbons (Fsp3) is 0.722. The Kier molecular flexibility index (Phi) is 6.52. The van der Waals surface area contributed by atoms with Crippen LogP contribution in [0, 0.1) is 0 Å². The lowest BCUT2D eigenvalue weighted by Gasteiger charge is -2.18. The van der Waals surface area contributed by atoms with E-state index in [1.54, 1.807) is 0 Å². The van der Waals surface area contributed by atoms with Crippen molar-refractivity contribution in [3.8, 4) is 0 Å². The van der Waals surface area contributed by atoms with Crippen LogP contribution in [-0.4, -0.2) is 16.2 Å². The highest BCUT2D eigenvalue weighted by Crippen LogP contribution is 2.35. The molecule has 0 radical (unpaired) electrons. The molecule has 0 aromatic carbocycles. The molecule has 1 aromatic heterocycles. The average Bonchev–Trinajstić information content (AvgIpc) is 2.90. The van der Waals surface area contributed by atoms with Gasteiger partial charge in [0.1, 0.15) is 0 Å². The van der Waals surface area contributed by atoms with Gasteiger partial charge in [-0.2, -0.15) is 0 Å². The number of aliphatic hydroxyl groups is 1. The summed E-state index contributed by atoms with van der Waals surface area (Å²) in [5.41, 5.74) is 2.50. The lowest BCUT2D eigenvalue weighted by Crippen LogP contribution is -2.17. The first-order valence-corrected chi connectivity index (χ1v) is 8.44. The number of nitrogens with zero attached hydrogens (tertiary/aromatic N) is 1. The van der Waals surface area contributed by atoms with Crippen LogP contribution in [0.1, 0.15) is 81.9 Å². The number of pyridine rings is 1. The van der Waals surface area contributed by atoms with Gasteiger partial charge in [0.05, 0.1) is 6.10 Å². The van der Waals surface area contributed by atoms with E-state index in [-0.39, 0.29) is 12.0 Å². The number of aromatic nitrogens is 1. The third kappa shape index (κ3) is 4.31. The summed E-state index contributed by atoms with van der Waals surface area (Å²) in [7, 11) is 0. The molecule has 1 aliphatic rings. The molecule has 1 N–H and O–H groups in total. The first-order valence-electron chi connectivity index (χ1n) is 8.44. The molecule has 20 heavy (non-hydrogen) atoms. The van der Waals surface area contributed by atoms with Gasteiger partial charge in [-0.05, 0) is 30.9 Å². The largest absolute Gasteiger partial charge is 0.392 e. The van der Waals surface area contributed by atoms with Crippen molar-refractivity contribution in [2.24, 2.45) is 0 Å². The van der Waals surface area contributed by atoms with Gasteiger partial charge in [0, 0.05) is 17.8 Å². The van der Waals surface area contributed by atoms with Crippen molar-refractivity contribution in [2.45, 2.75) is 83.2 Å². The molecule has 2 unspecified atom stereocenters. The van der Waals surface area contributed by atoms with Crippen molar-refractivity contribution in [3.05, 3.63) is 29.6 Å². The number of unbranched alkanes of at least 4 members (excludes halogenated alkanes) is 6. The predicted octanol–water partition coefficient (Wildman–Crippen LogP) is 4.61. The van der Waals surface area contributed by atoms with Gasteiger partial charge < -0.3 is 5.11 Å². The summed E-state index contributed by atoms with van der Waals surface area (Å²) >= 11 is 0. The summed E-state index contributed by atoms with van der Waals surface area (Å²) in [5.74, 6) is 0.284. The van der Waals surface area contributed by atoms with E-state index in [9.17, 15) is 5.11 Å². The van der Waals surface area contributed by atoms with Gasteiger partial charge in [-0.15, -0.1) is 0 Å². The Morgan fingerprint density at radius 3 is 2.75 bits per heavy atom. The SMILES string of the molecule is CCCCCCCCCC(O)C1CCc2cccnc21. The summed E-state index contributed by atoms with van der Waals surface area (Å²) in [6.07, 6.45) is 13.9. The molecule has 0 fully saturated rings. The predicted molar refractivity (Wildman–Crippen MR) is 83.9 cm³/mol. The van der Waals surface area contributed by atoms with Crippen LogP contribution in [-0.2, 0) is 6.42 Å². The molecule has 2 nitrogen and oxygen atoms in total. The van der Waals surface area contributed by atoms with Gasteiger partial charge >= 0.3 is 0 Å². The number of rotatable bonds is 9. The van der Waals surface area contributed by atoms with Crippen LogP contribution in [0.15, 0.2) is 18.3 Å². The first kappa shape index (κ1) is 15.5. The van der Waals surface area contributed by atoms with E-state index in [1.807, 2.05) is 12.3 Å². The van der Waals surface area contributed by atoms with Gasteiger partial charge in [-0.25, -0.2) is 0 Å². The van der Waals surface area contributed by atoms with E-state index in [0.717, 1.165) is 31.4 Å². The zero-order valence-electron chi connectivity index (χ0n) is 12.9. The van der Waals surface area contributed by atoms with Crippen molar-refractivity contribution in [3.63, 3.8) is 0 Å². The summed E-state index contributed by atoms with van der Waals surface area (Å²) in [6.45, 7) is 2.25. The van der Waals surface area contributed by atoms with Gasteiger partial charge in [-0.3, -0.25) is 4.98 Å². The second-order valence-corrected chi connectivity index (χ2v) is 6.17. The Bertz CT molecular complexity index is 391. The lowest BCUT2D eigenvalue weighted by molar-refractivity contribution is 0.128. The van der Waals surface area contributed by atoms with E-state index in [1.165, 1.54) is 44.1 Å². The van der Waals surface area contributed by atoms with Crippen molar-refractivity contribution in [1.82, 2.24) is 4.98 Å². The van der Waals surface area contributed by atoms with Crippen LogP contribution in [0.4, 0.5) is 0 Å². The van der Waals surface area contributed by atoms with Crippen LogP contribution in [0.3, 0.4) is 0 Å². The molecule has 0 bridgehead atoms. The van der Waals surface area contributed by atoms with Crippen LogP contribution in [0.5, 0.6) is 0 Å². The quantitative estimate of drug-likeness (QED) is 0.667. The Balaban J connectivity index is 1.65. The minimum Gasteiger partial charge on any atom is -0.392 e. The number of fused-ring (bicyclic) bond motifs is 1. The molecular weight excluding hydrogens is 246 g/mol. The lowest BCUT2D eigenvalue weighted by atomic mass is 9.94. The standard InChI is InChI=1S/C18H29NO/c1-2-3-4-5-6-7-8-11-17(20)16-13-12-15-10-9-14-19-18(15)16/h9-10,14,16-17,20H,2-8,11-13H2,1H3. The summed E-state index contributed by atoms with van der Waals surface area (Å²) in [4.78, 5) is 4.48. The smallest absolute Gasteiger partial charge is 0.0624 e. The van der Waals surface area contributed by atoms with Gasteiger partial charge in [0.25, 0.3) is 0 Å². The molecule has 1 aromatic rings. The minimum atomic E-state index is -0.193. The molecule has 2 atom stereocenters. The van der Waals surface area contributed by atoms with Crippen LogP contribution in [0.2, 0.25) is 0 Å². The highest BCUT2D eigenvalue weighted by molar-refractivity contribution is 5.29. The maximum Gasteiger partial charge on any atom is 0.0624 e. The number of aryl methyl sites for hydroxylation is 1. The molecule has 0 saturated carbocycles. The Morgan fingerprint density at radius 1 is 1.20 bits per heavy atom. The second kappa shape index (κ2) is 8.41. The maximum atomic E-state index is 10.4. The van der Waals surface area contributed by atoms with Crippen molar-refractivity contribution >= 4 is 0 Å². The molecule has 0 amide bonds. The molecule has 1 heterocycles. The monoisotopic (exact) mass is 275 g/mol. The number of hydrogen-bond acceptors (Lipinski definition) is 2. The molecular formula is C18H29NO. The van der Waals surface area contributed by atoms with Crippen molar-refractivity contribution < 1.29 is 5.11 Å². The molecule has 0 spiro atoms. The molecule has 1 aliphatic carbocycles. The van der Waals surface area contributed by atoms with E-state index in [2.05, 4.69) is 18.0 Å². The number of hydrogen-bond donors (Lipinski definition) is 1. The van der Waals surface area contributed by atoms with Crippen LogP contribution in [0.25, 0.3) is 0 Å². The van der Waals surface area contributed by atoms with E-state index in [4.69, 9.17) is 0 Å². The van der Waals surface area contributed by atoms with Crippen molar-refractivity contribution in [2.75, 3.05) is 0 Å². The summed E-state index contributed by atoms with van der Waals surface area (Å²) in [6, 6.07) is 4.16. The van der Waals surface area contributed by atoms with Gasteiger partial charge in [0.15, 0.2) is 0 Å². The summed E-state index contributed by atoms with van der Waals surface area (Å²) in [5, 5.41) is 10.4. The second-order valence-electron chi connectivity index (χ2n) is 6.17. The first-order chi connectivity index (χ1) is 9.83. The Labute approximate surface area is 123 Å². The molecule has 0 aliphatic heterocycles. The van der Waals surface area contributed by atoms with Crippen LogP contribution >= 0.6 is 0 Å². The molecule has 2 rings (SSSR count). The topological polar surface area (TPSA) is 33.1 Å². The third-order valence-corrected chi connectivity index (χ3v) is 4.57. The number of aliphatic hydroxyl groups excluding tert-OH is 1. The molecule has 0 saturated heterocycles. The van der Waals surface area contributed by atoms with E-state index >= 15 is 0 Å². The molecule has 112 valence electrons. The zero-order valence-corrected chi connectivity index (χ0v) is 12.9.